The first kappa shape index (κ1) is 30.7. The highest BCUT2D eigenvalue weighted by Gasteiger charge is 2.76. The van der Waals surface area contributed by atoms with Crippen LogP contribution in [0.5, 0.6) is 34.5 Å². The van der Waals surface area contributed by atoms with Gasteiger partial charge in [0.05, 0.1) is 9.85 Å². The fourth-order valence-electron chi connectivity index (χ4n) is 13.5. The Morgan fingerprint density at radius 1 is 0.549 bits per heavy atom. The van der Waals surface area contributed by atoms with Crippen molar-refractivity contribution in [3.05, 3.63) is 116 Å². The molecule has 0 aliphatic heterocycles. The summed E-state index contributed by atoms with van der Waals surface area (Å²) in [7, 11) is 0. The van der Waals surface area contributed by atoms with E-state index in [9.17, 15) is 30.4 Å². The van der Waals surface area contributed by atoms with Crippen molar-refractivity contribution in [3.8, 4) is 34.5 Å². The first-order valence-electron chi connectivity index (χ1n) is 18.1. The quantitative estimate of drug-likeness (QED) is 0.138. The van der Waals surface area contributed by atoms with Crippen LogP contribution in [0.25, 0.3) is 0 Å². The smallest absolute Gasteiger partial charge is 0.310 e. The number of ether oxygens (including phenoxy) is 2. The summed E-state index contributed by atoms with van der Waals surface area (Å²) in [4.78, 5) is 21.0. The second-order valence-electron chi connectivity index (χ2n) is 16.6. The Morgan fingerprint density at radius 2 is 0.902 bits per heavy atom. The molecule has 8 aliphatic rings. The number of hydrogen-bond acceptors (Lipinski definition) is 8. The van der Waals surface area contributed by atoms with Crippen molar-refractivity contribution in [3.63, 3.8) is 0 Å². The molecule has 10 nitrogen and oxygen atoms in total. The van der Waals surface area contributed by atoms with Gasteiger partial charge in [0.15, 0.2) is 11.5 Å². The molecule has 8 aliphatic carbocycles. The molecule has 4 aromatic carbocycles. The monoisotopic (exact) mass is 686 g/mol. The third-order valence-electron chi connectivity index (χ3n) is 14.2. The Morgan fingerprint density at radius 3 is 1.24 bits per heavy atom. The molecule has 0 amide bonds. The second-order valence-corrected chi connectivity index (χ2v) is 16.6. The van der Waals surface area contributed by atoms with Gasteiger partial charge in [-0.05, 0) is 151 Å². The van der Waals surface area contributed by atoms with Crippen molar-refractivity contribution in [2.45, 2.75) is 62.2 Å². The van der Waals surface area contributed by atoms with Crippen molar-refractivity contribution < 1.29 is 29.5 Å². The molecule has 260 valence electrons. The highest BCUT2D eigenvalue weighted by molar-refractivity contribution is 5.52. The van der Waals surface area contributed by atoms with Crippen molar-refractivity contribution in [1.82, 2.24) is 0 Å². The van der Waals surface area contributed by atoms with Gasteiger partial charge in [-0.3, -0.25) is 20.2 Å². The standard InChI is InChI=1S/C41H38N2O8/c44-35-15-31(9-11-33(35)42(46)47)50-29-5-1-27(2-6-29)39-17-23-13-24(18-39)38-26-14-25-19-40(20-26,22-41(38,21-39)37(23)25)28-3-7-30(8-4-28)51-32-10-12-34(43(48)49)36(45)16-32/h1-12,15-16,23-26,37-38,44-45H,13-14,17-22H2. The number of rotatable bonds is 8. The normalized spacial score (nSPS) is 34.7. The molecule has 12 rings (SSSR count). The molecule has 0 radical (unpaired) electrons. The summed E-state index contributed by atoms with van der Waals surface area (Å²) in [6.45, 7) is 0. The Bertz CT molecular complexity index is 1940. The fourth-order valence-corrected chi connectivity index (χ4v) is 13.5. The number of nitrogens with zero attached hydrogens (tertiary/aromatic N) is 2. The Labute approximate surface area is 294 Å². The van der Waals surface area contributed by atoms with Gasteiger partial charge in [-0.2, -0.15) is 0 Å². The van der Waals surface area contributed by atoms with E-state index in [0.29, 0.717) is 28.4 Å². The molecule has 4 atom stereocenters. The van der Waals surface area contributed by atoms with Crippen molar-refractivity contribution >= 4 is 11.4 Å². The predicted octanol–water partition coefficient (Wildman–Crippen LogP) is 9.56. The minimum Gasteiger partial charge on any atom is -0.502 e. The summed E-state index contributed by atoms with van der Waals surface area (Å²) in [5.74, 6) is 5.86. The van der Waals surface area contributed by atoms with Gasteiger partial charge in [0.2, 0.25) is 0 Å². The lowest BCUT2D eigenvalue weighted by Crippen LogP contribution is -2.74. The number of hydrogen-bond donors (Lipinski definition) is 2. The molecule has 2 N–H and O–H groups in total. The third kappa shape index (κ3) is 4.40. The Kier molecular flexibility index (Phi) is 6.29. The number of benzene rings is 4. The molecule has 9 bridgehead atoms. The van der Waals surface area contributed by atoms with Crippen LogP contribution in [-0.4, -0.2) is 20.1 Å². The van der Waals surface area contributed by atoms with Crippen molar-refractivity contribution in [1.29, 1.82) is 0 Å². The van der Waals surface area contributed by atoms with Gasteiger partial charge >= 0.3 is 11.4 Å². The molecular weight excluding hydrogens is 648 g/mol. The van der Waals surface area contributed by atoms with Crippen LogP contribution < -0.4 is 9.47 Å². The molecule has 4 unspecified atom stereocenters. The first-order valence-corrected chi connectivity index (χ1v) is 18.1. The van der Waals surface area contributed by atoms with Crippen LogP contribution in [0.1, 0.15) is 62.5 Å². The highest BCUT2D eigenvalue weighted by Crippen LogP contribution is 2.83. The van der Waals surface area contributed by atoms with Gasteiger partial charge in [0.1, 0.15) is 23.0 Å². The van der Waals surface area contributed by atoms with E-state index >= 15 is 0 Å². The van der Waals surface area contributed by atoms with Crippen LogP contribution in [-0.2, 0) is 10.8 Å². The van der Waals surface area contributed by atoms with E-state index in [0.717, 1.165) is 35.5 Å². The van der Waals surface area contributed by atoms with Gasteiger partial charge in [-0.15, -0.1) is 0 Å². The van der Waals surface area contributed by atoms with E-state index in [4.69, 9.17) is 9.47 Å². The van der Waals surface area contributed by atoms with E-state index in [1.54, 1.807) is 0 Å². The number of phenolic OH excluding ortho intramolecular Hbond substituents is 2. The molecule has 8 saturated carbocycles. The predicted molar refractivity (Wildman–Crippen MR) is 186 cm³/mol. The van der Waals surface area contributed by atoms with Gasteiger partial charge in [-0.1, -0.05) is 24.3 Å². The van der Waals surface area contributed by atoms with E-state index in [1.807, 2.05) is 24.3 Å². The zero-order chi connectivity index (χ0) is 34.9. The summed E-state index contributed by atoms with van der Waals surface area (Å²) in [6, 6.07) is 25.1. The van der Waals surface area contributed by atoms with E-state index in [-0.39, 0.29) is 22.2 Å². The molecule has 0 aromatic heterocycles. The minimum atomic E-state index is -0.613. The molecule has 0 heterocycles. The number of nitro benzene ring substituents is 2. The van der Waals surface area contributed by atoms with Crippen LogP contribution in [0, 0.1) is 61.2 Å². The van der Waals surface area contributed by atoms with Gasteiger partial charge in [0.25, 0.3) is 0 Å². The average molecular weight is 687 g/mol. The van der Waals surface area contributed by atoms with E-state index < -0.39 is 21.3 Å². The number of nitro groups is 2. The number of phenols is 2. The lowest BCUT2D eigenvalue weighted by molar-refractivity contribution is -0.386. The van der Waals surface area contributed by atoms with Crippen LogP contribution in [0.2, 0.25) is 0 Å². The lowest BCUT2D eigenvalue weighted by Gasteiger charge is -2.80. The highest BCUT2D eigenvalue weighted by atomic mass is 16.6. The summed E-state index contributed by atoms with van der Waals surface area (Å²) in [5, 5.41) is 42.4. The largest absolute Gasteiger partial charge is 0.502 e. The molecule has 4 aromatic rings. The first-order chi connectivity index (χ1) is 24.5. The summed E-state index contributed by atoms with van der Waals surface area (Å²) in [5.41, 5.74) is 2.77. The Hall–Kier alpha value is -5.12. The van der Waals surface area contributed by atoms with Gasteiger partial charge in [0, 0.05) is 24.3 Å². The number of aromatic hydroxyl groups is 2. The molecule has 1 spiro atoms. The maximum absolute atomic E-state index is 11.1. The van der Waals surface area contributed by atoms with E-state index in [2.05, 4.69) is 24.3 Å². The van der Waals surface area contributed by atoms with Gasteiger partial charge in [-0.25, -0.2) is 0 Å². The summed E-state index contributed by atoms with van der Waals surface area (Å²) in [6.07, 6.45) is 10.3. The van der Waals surface area contributed by atoms with Crippen LogP contribution in [0.3, 0.4) is 0 Å². The average Bonchev–Trinajstić information content (AvgIpc) is 3.07. The SMILES string of the molecule is O=[N+]([O-])c1ccc(Oc2ccc(C34CC5CC(C3)C3C6CC7CC(c8ccc(Oc9ccc([N+](=O)[O-])c(O)c9)cc8)(C6)CC3(C4)C57)cc2)cc1O. The maximum Gasteiger partial charge on any atom is 0.310 e. The molecular formula is C41H38N2O8. The summed E-state index contributed by atoms with van der Waals surface area (Å²) < 4.78 is 12.0. The maximum atomic E-state index is 11.1. The summed E-state index contributed by atoms with van der Waals surface area (Å²) >= 11 is 0. The van der Waals surface area contributed by atoms with Crippen molar-refractivity contribution in [2.75, 3.05) is 0 Å². The van der Waals surface area contributed by atoms with Crippen LogP contribution in [0.4, 0.5) is 11.4 Å². The molecule has 8 fully saturated rings. The van der Waals surface area contributed by atoms with Crippen molar-refractivity contribution in [2.24, 2.45) is 40.9 Å². The minimum absolute atomic E-state index is 0.158. The zero-order valence-electron chi connectivity index (χ0n) is 27.9. The fraction of sp³-hybridized carbons (Fsp3) is 0.415. The molecule has 51 heavy (non-hydrogen) atoms. The van der Waals surface area contributed by atoms with Crippen LogP contribution >= 0.6 is 0 Å². The van der Waals surface area contributed by atoms with Gasteiger partial charge < -0.3 is 19.7 Å². The Balaban J connectivity index is 0.919. The molecule has 10 heteroatoms. The lowest BCUT2D eigenvalue weighted by atomic mass is 9.24. The second kappa shape index (κ2) is 10.5. The molecule has 0 saturated heterocycles. The van der Waals surface area contributed by atoms with Crippen LogP contribution in [0.15, 0.2) is 84.9 Å². The third-order valence-corrected chi connectivity index (χ3v) is 14.2. The topological polar surface area (TPSA) is 145 Å². The zero-order valence-corrected chi connectivity index (χ0v) is 27.9. The van der Waals surface area contributed by atoms with E-state index in [1.165, 1.54) is 98.9 Å².